The number of anilines is 2. The minimum absolute atomic E-state index is 0.0826. The van der Waals surface area contributed by atoms with Crippen LogP contribution >= 0.6 is 23.8 Å². The predicted molar refractivity (Wildman–Crippen MR) is 162 cm³/mol. The first-order chi connectivity index (χ1) is 18.9. The summed E-state index contributed by atoms with van der Waals surface area (Å²) in [4.78, 5) is 9.37. The Morgan fingerprint density at radius 2 is 1.64 bits per heavy atom. The van der Waals surface area contributed by atoms with Crippen LogP contribution in [0.2, 0.25) is 5.02 Å². The Morgan fingerprint density at radius 3 is 2.33 bits per heavy atom. The number of ether oxygens (including phenoxy) is 1. The normalized spacial score (nSPS) is 19.4. The van der Waals surface area contributed by atoms with Gasteiger partial charge in [-0.15, -0.1) is 0 Å². The highest BCUT2D eigenvalue weighted by Gasteiger charge is 2.43. The maximum atomic E-state index is 6.40. The van der Waals surface area contributed by atoms with Gasteiger partial charge in [0.15, 0.2) is 5.11 Å². The molecule has 4 heterocycles. The highest BCUT2D eigenvalue weighted by molar-refractivity contribution is 7.80. The number of hydrogen-bond donors (Lipinski definition) is 1. The van der Waals surface area contributed by atoms with Crippen molar-refractivity contribution in [3.05, 3.63) is 106 Å². The molecule has 4 aromatic rings. The van der Waals surface area contributed by atoms with E-state index >= 15 is 0 Å². The summed E-state index contributed by atoms with van der Waals surface area (Å²) in [6.07, 6.45) is 1.85. The summed E-state index contributed by atoms with van der Waals surface area (Å²) >= 11 is 12.4. The van der Waals surface area contributed by atoms with Crippen molar-refractivity contribution in [2.45, 2.75) is 32.9 Å². The molecule has 2 saturated heterocycles. The van der Waals surface area contributed by atoms with Crippen LogP contribution in [0.4, 0.5) is 11.4 Å². The third kappa shape index (κ3) is 4.69. The van der Waals surface area contributed by atoms with Gasteiger partial charge in [-0.2, -0.15) is 0 Å². The standard InChI is InChI=1S/C31H32ClN5OS/c1-20-21(2)36(26-8-6-7-23(32)19-26)22(3)28(20)30-29(27-9-4-5-14-33-27)34-31(39)37(30)25-12-10-24(11-13-25)35-15-17-38-18-16-35/h4-14,19,29-30H,15-18H2,1-3H3,(H,34,39)/t29-,30+/m1/s1. The largest absolute Gasteiger partial charge is 0.378 e. The first-order valence-electron chi connectivity index (χ1n) is 13.3. The monoisotopic (exact) mass is 557 g/mol. The van der Waals surface area contributed by atoms with E-state index in [1.165, 1.54) is 28.2 Å². The molecule has 8 heteroatoms. The molecule has 2 aliphatic heterocycles. The lowest BCUT2D eigenvalue weighted by Crippen LogP contribution is -2.36. The number of hydrogen-bond acceptors (Lipinski definition) is 4. The van der Waals surface area contributed by atoms with E-state index in [-0.39, 0.29) is 12.1 Å². The number of benzene rings is 2. The first-order valence-corrected chi connectivity index (χ1v) is 14.1. The van der Waals surface area contributed by atoms with Crippen molar-refractivity contribution < 1.29 is 4.74 Å². The molecule has 200 valence electrons. The molecule has 2 aromatic carbocycles. The van der Waals surface area contributed by atoms with Crippen LogP contribution in [0.15, 0.2) is 72.9 Å². The average molecular weight is 558 g/mol. The molecule has 6 rings (SSSR count). The van der Waals surface area contributed by atoms with Crippen molar-refractivity contribution in [2.24, 2.45) is 0 Å². The molecule has 39 heavy (non-hydrogen) atoms. The summed E-state index contributed by atoms with van der Waals surface area (Å²) in [5.41, 5.74) is 9.10. The van der Waals surface area contributed by atoms with E-state index in [1.807, 2.05) is 36.5 Å². The maximum absolute atomic E-state index is 6.40. The SMILES string of the molecule is Cc1c([C@H]2[C@@H](c3ccccn3)NC(=S)N2c2ccc(N3CCOCC3)cc2)c(C)n(-c2cccc(Cl)c2)c1C. The smallest absolute Gasteiger partial charge is 0.174 e. The Balaban J connectivity index is 1.47. The number of rotatable bonds is 5. The zero-order valence-electron chi connectivity index (χ0n) is 22.4. The van der Waals surface area contributed by atoms with Crippen LogP contribution in [-0.2, 0) is 4.74 Å². The molecule has 2 aromatic heterocycles. The van der Waals surface area contributed by atoms with Crippen molar-refractivity contribution in [2.75, 3.05) is 36.1 Å². The summed E-state index contributed by atoms with van der Waals surface area (Å²) < 4.78 is 7.84. The fourth-order valence-electron chi connectivity index (χ4n) is 6.02. The lowest BCUT2D eigenvalue weighted by atomic mass is 9.93. The van der Waals surface area contributed by atoms with E-state index in [2.05, 4.69) is 76.9 Å². The number of morpholine rings is 1. The molecular weight excluding hydrogens is 526 g/mol. The Hall–Kier alpha value is -3.39. The van der Waals surface area contributed by atoms with E-state index in [0.717, 1.165) is 48.4 Å². The lowest BCUT2D eigenvalue weighted by Gasteiger charge is -2.31. The van der Waals surface area contributed by atoms with Gasteiger partial charge in [-0.1, -0.05) is 23.7 Å². The second-order valence-corrected chi connectivity index (χ2v) is 11.0. The lowest BCUT2D eigenvalue weighted by molar-refractivity contribution is 0.122. The van der Waals surface area contributed by atoms with Crippen LogP contribution in [0.3, 0.4) is 0 Å². The van der Waals surface area contributed by atoms with E-state index < -0.39 is 0 Å². The van der Waals surface area contributed by atoms with Gasteiger partial charge in [0, 0.05) is 58.3 Å². The Kier molecular flexibility index (Phi) is 7.06. The van der Waals surface area contributed by atoms with Gasteiger partial charge >= 0.3 is 0 Å². The number of thiocarbonyl (C=S) groups is 1. The molecular formula is C31H32ClN5OS. The summed E-state index contributed by atoms with van der Waals surface area (Å²) in [7, 11) is 0. The van der Waals surface area contributed by atoms with Crippen LogP contribution in [-0.4, -0.2) is 41.0 Å². The van der Waals surface area contributed by atoms with Crippen LogP contribution < -0.4 is 15.1 Å². The summed E-state index contributed by atoms with van der Waals surface area (Å²) in [6, 6.07) is 22.6. The zero-order valence-corrected chi connectivity index (χ0v) is 24.0. The third-order valence-corrected chi connectivity index (χ3v) is 8.52. The molecule has 0 spiro atoms. The molecule has 0 saturated carbocycles. The van der Waals surface area contributed by atoms with E-state index in [0.29, 0.717) is 5.11 Å². The highest BCUT2D eigenvalue weighted by atomic mass is 35.5. The number of halogens is 1. The molecule has 6 nitrogen and oxygen atoms in total. The van der Waals surface area contributed by atoms with Crippen molar-refractivity contribution in [1.29, 1.82) is 0 Å². The maximum Gasteiger partial charge on any atom is 0.174 e. The van der Waals surface area contributed by atoms with Gasteiger partial charge in [-0.05, 0) is 93.1 Å². The zero-order chi connectivity index (χ0) is 27.1. The Morgan fingerprint density at radius 1 is 0.897 bits per heavy atom. The second kappa shape index (κ2) is 10.6. The van der Waals surface area contributed by atoms with Crippen LogP contribution in [0, 0.1) is 20.8 Å². The Bertz CT molecular complexity index is 1500. The highest BCUT2D eigenvalue weighted by Crippen LogP contribution is 2.45. The van der Waals surface area contributed by atoms with Crippen molar-refractivity contribution in [3.63, 3.8) is 0 Å². The van der Waals surface area contributed by atoms with Gasteiger partial charge in [0.05, 0.1) is 31.0 Å². The molecule has 0 aliphatic carbocycles. The minimum atomic E-state index is -0.107. The quantitative estimate of drug-likeness (QED) is 0.284. The molecule has 2 aliphatic rings. The molecule has 0 unspecified atom stereocenters. The van der Waals surface area contributed by atoms with E-state index in [4.69, 9.17) is 33.5 Å². The Labute approximate surface area is 240 Å². The fourth-order valence-corrected chi connectivity index (χ4v) is 6.55. The second-order valence-electron chi connectivity index (χ2n) is 10.1. The fraction of sp³-hybridized carbons (Fsp3) is 0.290. The number of aromatic nitrogens is 2. The van der Waals surface area contributed by atoms with Gasteiger partial charge in [0.1, 0.15) is 0 Å². The van der Waals surface area contributed by atoms with Crippen LogP contribution in [0.1, 0.15) is 40.3 Å². The molecule has 2 atom stereocenters. The van der Waals surface area contributed by atoms with Crippen molar-refractivity contribution in [1.82, 2.24) is 14.9 Å². The molecule has 0 bridgehead atoms. The van der Waals surface area contributed by atoms with Gasteiger partial charge < -0.3 is 24.4 Å². The van der Waals surface area contributed by atoms with Crippen LogP contribution in [0.5, 0.6) is 0 Å². The molecule has 2 fully saturated rings. The minimum Gasteiger partial charge on any atom is -0.378 e. The van der Waals surface area contributed by atoms with E-state index in [9.17, 15) is 0 Å². The van der Waals surface area contributed by atoms with Gasteiger partial charge in [0.25, 0.3) is 0 Å². The number of pyridine rings is 1. The molecule has 1 N–H and O–H groups in total. The molecule has 0 radical (unpaired) electrons. The van der Waals surface area contributed by atoms with Gasteiger partial charge in [0.2, 0.25) is 0 Å². The van der Waals surface area contributed by atoms with Crippen LogP contribution in [0.25, 0.3) is 5.69 Å². The summed E-state index contributed by atoms with van der Waals surface area (Å²) in [5, 5.41) is 5.03. The number of nitrogens with one attached hydrogen (secondary N) is 1. The topological polar surface area (TPSA) is 45.6 Å². The third-order valence-electron chi connectivity index (χ3n) is 7.97. The average Bonchev–Trinajstić information content (AvgIpc) is 3.41. The summed E-state index contributed by atoms with van der Waals surface area (Å²) in [6.45, 7) is 9.89. The number of nitrogens with zero attached hydrogens (tertiary/aromatic N) is 4. The predicted octanol–water partition coefficient (Wildman–Crippen LogP) is 6.46. The first kappa shape index (κ1) is 25.9. The summed E-state index contributed by atoms with van der Waals surface area (Å²) in [5.74, 6) is 0. The van der Waals surface area contributed by atoms with Crippen molar-refractivity contribution >= 4 is 40.3 Å². The van der Waals surface area contributed by atoms with Crippen molar-refractivity contribution in [3.8, 4) is 5.69 Å². The van der Waals surface area contributed by atoms with Gasteiger partial charge in [-0.3, -0.25) is 4.98 Å². The molecule has 0 amide bonds. The van der Waals surface area contributed by atoms with E-state index in [1.54, 1.807) is 0 Å². The van der Waals surface area contributed by atoms with Gasteiger partial charge in [-0.25, -0.2) is 0 Å².